The number of carbonyl (C=O) groups is 1. The van der Waals surface area contributed by atoms with Crippen LogP contribution in [-0.2, 0) is 10.9 Å². The molecule has 2 rings (SSSR count). The molecule has 2 aromatic carbocycles. The molecule has 146 valence electrons. The monoisotopic (exact) mass is 383 g/mol. The Hall–Kier alpha value is -2.90. The summed E-state index contributed by atoms with van der Waals surface area (Å²) in [6.07, 6.45) is -5.86. The first-order chi connectivity index (χ1) is 12.7. The van der Waals surface area contributed by atoms with E-state index in [1.807, 2.05) is 13.0 Å². The molecule has 0 saturated heterocycles. The molecule has 8 heteroatoms. The van der Waals surface area contributed by atoms with E-state index in [4.69, 9.17) is 14.2 Å². The van der Waals surface area contributed by atoms with Gasteiger partial charge < -0.3 is 14.2 Å². The van der Waals surface area contributed by atoms with Crippen LogP contribution >= 0.6 is 0 Å². The summed E-state index contributed by atoms with van der Waals surface area (Å²) in [5, 5.41) is 2.57. The van der Waals surface area contributed by atoms with Crippen molar-refractivity contribution in [2.24, 2.45) is 0 Å². The summed E-state index contributed by atoms with van der Waals surface area (Å²) in [7, 11) is 1.48. The maximum Gasteiger partial charge on any atom is 0.416 e. The van der Waals surface area contributed by atoms with Crippen LogP contribution in [0.2, 0.25) is 0 Å². The normalized spacial score (nSPS) is 12.2. The minimum Gasteiger partial charge on any atom is -0.495 e. The Balaban J connectivity index is 1.90. The molecular formula is C19H20F3NO4. The summed E-state index contributed by atoms with van der Waals surface area (Å²) < 4.78 is 53.7. The van der Waals surface area contributed by atoms with E-state index in [2.05, 4.69) is 5.32 Å². The minimum atomic E-state index is -4.45. The maximum atomic E-state index is 12.7. The molecule has 0 aliphatic carbocycles. The van der Waals surface area contributed by atoms with Crippen LogP contribution in [0, 0.1) is 6.92 Å². The molecule has 0 aliphatic heterocycles. The van der Waals surface area contributed by atoms with Gasteiger partial charge >= 0.3 is 12.3 Å². The quantitative estimate of drug-likeness (QED) is 0.759. The molecule has 1 unspecified atom stereocenters. The second kappa shape index (κ2) is 8.66. The zero-order valence-corrected chi connectivity index (χ0v) is 15.1. The largest absolute Gasteiger partial charge is 0.495 e. The van der Waals surface area contributed by atoms with Crippen molar-refractivity contribution in [2.75, 3.05) is 19.0 Å². The number of nitrogens with one attached hydrogen (secondary N) is 1. The van der Waals surface area contributed by atoms with Crippen LogP contribution < -0.4 is 14.8 Å². The molecule has 27 heavy (non-hydrogen) atoms. The molecule has 1 amide bonds. The lowest BCUT2D eigenvalue weighted by Crippen LogP contribution is -2.25. The Morgan fingerprint density at radius 3 is 2.59 bits per heavy atom. The highest BCUT2D eigenvalue weighted by Crippen LogP contribution is 2.31. The lowest BCUT2D eigenvalue weighted by Gasteiger charge is -2.16. The highest BCUT2D eigenvalue weighted by Gasteiger charge is 2.30. The second-order valence-corrected chi connectivity index (χ2v) is 5.88. The van der Waals surface area contributed by atoms with Gasteiger partial charge in [-0.15, -0.1) is 0 Å². The Labute approximate surface area is 155 Å². The van der Waals surface area contributed by atoms with Crippen molar-refractivity contribution in [1.82, 2.24) is 0 Å². The number of halogens is 3. The topological polar surface area (TPSA) is 56.8 Å². The van der Waals surface area contributed by atoms with Crippen molar-refractivity contribution in [1.29, 1.82) is 0 Å². The van der Waals surface area contributed by atoms with Gasteiger partial charge in [0.2, 0.25) is 0 Å². The number of alkyl halides is 3. The van der Waals surface area contributed by atoms with Gasteiger partial charge in [0.15, 0.2) is 0 Å². The van der Waals surface area contributed by atoms with Crippen molar-refractivity contribution in [2.45, 2.75) is 26.1 Å². The van der Waals surface area contributed by atoms with Gasteiger partial charge in [-0.05, 0) is 49.7 Å². The first-order valence-corrected chi connectivity index (χ1v) is 8.11. The van der Waals surface area contributed by atoms with E-state index in [1.54, 1.807) is 19.1 Å². The number of amides is 1. The number of aryl methyl sites for hydroxylation is 1. The van der Waals surface area contributed by atoms with Crippen molar-refractivity contribution in [3.8, 4) is 11.5 Å². The van der Waals surface area contributed by atoms with Crippen LogP contribution in [0.4, 0.5) is 23.7 Å². The smallest absolute Gasteiger partial charge is 0.416 e. The average Bonchev–Trinajstić information content (AvgIpc) is 2.59. The predicted molar refractivity (Wildman–Crippen MR) is 94.2 cm³/mol. The zero-order valence-electron chi connectivity index (χ0n) is 15.1. The summed E-state index contributed by atoms with van der Waals surface area (Å²) in [5.74, 6) is 0.520. The lowest BCUT2D eigenvalue weighted by atomic mass is 10.2. The third kappa shape index (κ3) is 6.09. The number of anilines is 1. The molecular weight excluding hydrogens is 363 g/mol. The van der Waals surface area contributed by atoms with Crippen LogP contribution in [0.15, 0.2) is 42.5 Å². The minimum absolute atomic E-state index is 0.0426. The number of hydrogen-bond acceptors (Lipinski definition) is 4. The molecule has 2 aromatic rings. The number of hydrogen-bond donors (Lipinski definition) is 1. The van der Waals surface area contributed by atoms with E-state index in [0.717, 1.165) is 17.7 Å². The van der Waals surface area contributed by atoms with Crippen LogP contribution in [-0.4, -0.2) is 25.9 Å². The number of carbonyl (C=O) groups excluding carboxylic acids is 1. The third-order valence-corrected chi connectivity index (χ3v) is 3.55. The molecule has 0 aliphatic rings. The molecule has 0 heterocycles. The van der Waals surface area contributed by atoms with Gasteiger partial charge in [0, 0.05) is 0 Å². The van der Waals surface area contributed by atoms with E-state index < -0.39 is 23.9 Å². The molecule has 0 bridgehead atoms. The molecule has 1 N–H and O–H groups in total. The summed E-state index contributed by atoms with van der Waals surface area (Å²) in [6, 6.07) is 9.77. The third-order valence-electron chi connectivity index (χ3n) is 3.55. The fraction of sp³-hybridized carbons (Fsp3) is 0.316. The van der Waals surface area contributed by atoms with E-state index in [0.29, 0.717) is 11.4 Å². The van der Waals surface area contributed by atoms with Crippen LogP contribution in [0.1, 0.15) is 18.1 Å². The molecule has 0 saturated carbocycles. The fourth-order valence-electron chi connectivity index (χ4n) is 2.25. The van der Waals surface area contributed by atoms with Crippen molar-refractivity contribution in [3.63, 3.8) is 0 Å². The molecule has 0 radical (unpaired) electrons. The Bertz CT molecular complexity index is 793. The Kier molecular flexibility index (Phi) is 6.55. The van der Waals surface area contributed by atoms with Crippen molar-refractivity contribution in [3.05, 3.63) is 53.6 Å². The molecule has 0 spiro atoms. The van der Waals surface area contributed by atoms with Gasteiger partial charge in [0.1, 0.15) is 24.2 Å². The summed E-state index contributed by atoms with van der Waals surface area (Å²) in [6.45, 7) is 3.34. The van der Waals surface area contributed by atoms with E-state index in [9.17, 15) is 18.0 Å². The highest BCUT2D eigenvalue weighted by atomic mass is 19.4. The average molecular weight is 383 g/mol. The van der Waals surface area contributed by atoms with Crippen molar-refractivity contribution < 1.29 is 32.2 Å². The first kappa shape index (κ1) is 20.4. The van der Waals surface area contributed by atoms with Crippen molar-refractivity contribution >= 4 is 11.8 Å². The van der Waals surface area contributed by atoms with E-state index >= 15 is 0 Å². The Morgan fingerprint density at radius 1 is 1.19 bits per heavy atom. The number of rotatable bonds is 6. The van der Waals surface area contributed by atoms with Gasteiger partial charge in [-0.3, -0.25) is 5.32 Å². The van der Waals surface area contributed by atoms with Gasteiger partial charge in [-0.1, -0.05) is 12.1 Å². The van der Waals surface area contributed by atoms with Crippen LogP contribution in [0.3, 0.4) is 0 Å². The van der Waals surface area contributed by atoms with Gasteiger partial charge in [-0.25, -0.2) is 4.79 Å². The first-order valence-electron chi connectivity index (χ1n) is 8.11. The number of benzene rings is 2. The zero-order chi connectivity index (χ0) is 20.0. The highest BCUT2D eigenvalue weighted by molar-refractivity contribution is 5.87. The Morgan fingerprint density at radius 2 is 1.93 bits per heavy atom. The molecule has 1 atom stereocenters. The van der Waals surface area contributed by atoms with E-state index in [1.165, 1.54) is 19.2 Å². The summed E-state index contributed by atoms with van der Waals surface area (Å²) in [5.41, 5.74) is 0.568. The number of ether oxygens (including phenoxy) is 3. The molecule has 5 nitrogen and oxygen atoms in total. The number of methoxy groups -OCH3 is 1. The SMILES string of the molecule is COc1ccc(C)cc1NC(=O)OC(C)COc1cccc(C(F)(F)F)c1. The van der Waals surface area contributed by atoms with E-state index in [-0.39, 0.29) is 12.4 Å². The molecule has 0 aromatic heterocycles. The predicted octanol–water partition coefficient (Wildman–Crippen LogP) is 5.04. The van der Waals surface area contributed by atoms with Gasteiger partial charge in [0.25, 0.3) is 0 Å². The fourth-order valence-corrected chi connectivity index (χ4v) is 2.25. The second-order valence-electron chi connectivity index (χ2n) is 5.88. The van der Waals surface area contributed by atoms with Gasteiger partial charge in [-0.2, -0.15) is 13.2 Å². The summed E-state index contributed by atoms with van der Waals surface area (Å²) >= 11 is 0. The van der Waals surface area contributed by atoms with Crippen LogP contribution in [0.5, 0.6) is 11.5 Å². The van der Waals surface area contributed by atoms with Crippen LogP contribution in [0.25, 0.3) is 0 Å². The molecule has 0 fully saturated rings. The standard InChI is InChI=1S/C19H20F3NO4/c1-12-7-8-17(25-3)16(9-12)23-18(24)27-13(2)11-26-15-6-4-5-14(10-15)19(20,21)22/h4-10,13H,11H2,1-3H3,(H,23,24). The maximum absolute atomic E-state index is 12.7. The lowest BCUT2D eigenvalue weighted by molar-refractivity contribution is -0.137. The summed E-state index contributed by atoms with van der Waals surface area (Å²) in [4.78, 5) is 12.0. The van der Waals surface area contributed by atoms with Gasteiger partial charge in [0.05, 0.1) is 18.4 Å².